The van der Waals surface area contributed by atoms with E-state index in [4.69, 9.17) is 0 Å². The Morgan fingerprint density at radius 3 is 2.47 bits per heavy atom. The molecule has 0 aliphatic heterocycles. The number of nitrogens with zero attached hydrogens (tertiary/aromatic N) is 4. The van der Waals surface area contributed by atoms with Crippen LogP contribution in [0.4, 0.5) is 19.6 Å². The first-order valence-corrected chi connectivity index (χ1v) is 10.2. The minimum atomic E-state index is -0.587. The summed E-state index contributed by atoms with van der Waals surface area (Å²) in [5.41, 5.74) is 1.45. The molecule has 0 unspecified atom stereocenters. The summed E-state index contributed by atoms with van der Waals surface area (Å²) in [7, 11) is 0. The predicted molar refractivity (Wildman–Crippen MR) is 116 cm³/mol. The molecule has 0 aliphatic carbocycles. The number of hydrogen-bond donors (Lipinski definition) is 2. The maximum atomic E-state index is 14.4. The first-order valence-electron chi connectivity index (χ1n) is 9.34. The van der Waals surface area contributed by atoms with Crippen molar-refractivity contribution in [3.05, 3.63) is 71.1 Å². The Labute approximate surface area is 185 Å². The minimum absolute atomic E-state index is 0.0885. The van der Waals surface area contributed by atoms with E-state index in [1.54, 1.807) is 18.4 Å². The van der Waals surface area contributed by atoms with Crippen molar-refractivity contribution in [1.82, 2.24) is 19.7 Å². The molecule has 4 rings (SSSR count). The highest BCUT2D eigenvalue weighted by Crippen LogP contribution is 2.29. The van der Waals surface area contributed by atoms with E-state index < -0.39 is 11.7 Å². The third kappa shape index (κ3) is 4.52. The van der Waals surface area contributed by atoms with Crippen LogP contribution >= 0.6 is 11.3 Å². The van der Waals surface area contributed by atoms with Crippen molar-refractivity contribution in [2.45, 2.75) is 13.8 Å². The predicted octanol–water partition coefficient (Wildman–Crippen LogP) is 4.19. The minimum Gasteiger partial charge on any atom is -0.326 e. The number of carbonyl (C=O) groups is 2. The standard InChI is InChI=1S/C21H16F2N6O2S/c1-11-24-19(28-29(11)15-6-3-13(22)4-7-15)20(31)27-21-26-18(10-32-21)16-8-5-14(9-17(16)23)25-12(2)30/h3-10H,1-2H3,(H,25,30)(H,26,27,31). The zero-order valence-electron chi connectivity index (χ0n) is 16.9. The molecule has 2 aromatic carbocycles. The van der Waals surface area contributed by atoms with Crippen LogP contribution in [0.3, 0.4) is 0 Å². The molecule has 0 aliphatic rings. The van der Waals surface area contributed by atoms with Crippen LogP contribution in [0.25, 0.3) is 16.9 Å². The third-order valence-electron chi connectivity index (χ3n) is 4.33. The number of nitrogens with one attached hydrogen (secondary N) is 2. The Morgan fingerprint density at radius 1 is 1.03 bits per heavy atom. The zero-order valence-corrected chi connectivity index (χ0v) is 17.7. The maximum Gasteiger partial charge on any atom is 0.297 e. The quantitative estimate of drug-likeness (QED) is 0.471. The summed E-state index contributed by atoms with van der Waals surface area (Å²) in [6.07, 6.45) is 0. The van der Waals surface area contributed by atoms with Gasteiger partial charge in [0.25, 0.3) is 5.91 Å². The smallest absolute Gasteiger partial charge is 0.297 e. The topological polar surface area (TPSA) is 102 Å². The van der Waals surface area contributed by atoms with Gasteiger partial charge in [-0.05, 0) is 49.4 Å². The number of aromatic nitrogens is 4. The molecule has 2 N–H and O–H groups in total. The molecule has 32 heavy (non-hydrogen) atoms. The molecule has 2 amide bonds. The molecule has 0 bridgehead atoms. The Morgan fingerprint density at radius 2 is 1.78 bits per heavy atom. The molecule has 0 radical (unpaired) electrons. The Kier molecular flexibility index (Phi) is 5.73. The van der Waals surface area contributed by atoms with Crippen LogP contribution in [0.1, 0.15) is 23.4 Å². The van der Waals surface area contributed by atoms with Crippen molar-refractivity contribution in [1.29, 1.82) is 0 Å². The highest BCUT2D eigenvalue weighted by atomic mass is 32.1. The fraction of sp³-hybridized carbons (Fsp3) is 0.0952. The maximum absolute atomic E-state index is 14.4. The van der Waals surface area contributed by atoms with Gasteiger partial charge in [0.2, 0.25) is 11.7 Å². The number of benzene rings is 2. The number of carbonyl (C=O) groups excluding carboxylic acids is 2. The van der Waals surface area contributed by atoms with E-state index in [1.807, 2.05) is 0 Å². The van der Waals surface area contributed by atoms with Crippen LogP contribution in [0.5, 0.6) is 0 Å². The number of aryl methyl sites for hydroxylation is 1. The summed E-state index contributed by atoms with van der Waals surface area (Å²) in [6.45, 7) is 3.00. The molecular formula is C21H16F2N6O2S. The molecule has 2 heterocycles. The highest BCUT2D eigenvalue weighted by molar-refractivity contribution is 7.14. The molecule has 0 atom stereocenters. The van der Waals surface area contributed by atoms with Gasteiger partial charge in [0.1, 0.15) is 17.5 Å². The van der Waals surface area contributed by atoms with E-state index in [9.17, 15) is 18.4 Å². The van der Waals surface area contributed by atoms with Gasteiger partial charge in [-0.15, -0.1) is 16.4 Å². The molecular weight excluding hydrogens is 438 g/mol. The second-order valence-electron chi connectivity index (χ2n) is 6.74. The lowest BCUT2D eigenvalue weighted by Gasteiger charge is -2.04. The van der Waals surface area contributed by atoms with Crippen LogP contribution in [0, 0.1) is 18.6 Å². The molecule has 0 spiro atoms. The van der Waals surface area contributed by atoms with Gasteiger partial charge in [0.15, 0.2) is 5.13 Å². The Balaban J connectivity index is 1.50. The first-order chi connectivity index (χ1) is 15.3. The summed E-state index contributed by atoms with van der Waals surface area (Å²) in [4.78, 5) is 32.1. The van der Waals surface area contributed by atoms with Crippen LogP contribution in [-0.2, 0) is 4.79 Å². The van der Waals surface area contributed by atoms with E-state index in [2.05, 4.69) is 25.7 Å². The summed E-state index contributed by atoms with van der Waals surface area (Å²) < 4.78 is 29.0. The van der Waals surface area contributed by atoms with Crippen molar-refractivity contribution in [3.63, 3.8) is 0 Å². The number of rotatable bonds is 5. The zero-order chi connectivity index (χ0) is 22.8. The van der Waals surface area contributed by atoms with Gasteiger partial charge in [-0.2, -0.15) is 0 Å². The summed E-state index contributed by atoms with van der Waals surface area (Å²) in [5, 5.41) is 11.1. The normalized spacial score (nSPS) is 10.8. The number of hydrogen-bond acceptors (Lipinski definition) is 6. The molecule has 4 aromatic rings. The van der Waals surface area contributed by atoms with Gasteiger partial charge in [-0.1, -0.05) is 0 Å². The molecule has 0 fully saturated rings. The molecule has 162 valence electrons. The molecule has 8 nitrogen and oxygen atoms in total. The lowest BCUT2D eigenvalue weighted by atomic mass is 10.1. The second kappa shape index (κ2) is 8.63. The van der Waals surface area contributed by atoms with Gasteiger partial charge in [-0.25, -0.2) is 23.4 Å². The van der Waals surface area contributed by atoms with Gasteiger partial charge in [-0.3, -0.25) is 14.9 Å². The fourth-order valence-corrected chi connectivity index (χ4v) is 3.63. The van der Waals surface area contributed by atoms with Gasteiger partial charge in [0.05, 0.1) is 11.4 Å². The summed E-state index contributed by atoms with van der Waals surface area (Å²) in [6, 6.07) is 9.88. The van der Waals surface area contributed by atoms with E-state index in [1.165, 1.54) is 48.0 Å². The van der Waals surface area contributed by atoms with E-state index in [0.717, 1.165) is 11.3 Å². The van der Waals surface area contributed by atoms with Crippen molar-refractivity contribution in [2.24, 2.45) is 0 Å². The summed E-state index contributed by atoms with van der Waals surface area (Å²) in [5.74, 6) is -1.48. The van der Waals surface area contributed by atoms with E-state index in [-0.39, 0.29) is 28.2 Å². The molecule has 11 heteroatoms. The van der Waals surface area contributed by atoms with E-state index >= 15 is 0 Å². The van der Waals surface area contributed by atoms with Crippen LogP contribution < -0.4 is 10.6 Å². The van der Waals surface area contributed by atoms with Crippen molar-refractivity contribution in [2.75, 3.05) is 10.6 Å². The van der Waals surface area contributed by atoms with Crippen LogP contribution in [0.15, 0.2) is 47.8 Å². The molecule has 0 saturated carbocycles. The average molecular weight is 454 g/mol. The monoisotopic (exact) mass is 454 g/mol. The summed E-state index contributed by atoms with van der Waals surface area (Å²) >= 11 is 1.12. The molecule has 2 aromatic heterocycles. The number of amides is 2. The number of halogens is 2. The lowest BCUT2D eigenvalue weighted by Crippen LogP contribution is -2.14. The number of anilines is 2. The molecule has 0 saturated heterocycles. The first kappa shape index (κ1) is 21.2. The van der Waals surface area contributed by atoms with Gasteiger partial charge >= 0.3 is 0 Å². The Bertz CT molecular complexity index is 1320. The largest absolute Gasteiger partial charge is 0.326 e. The SMILES string of the molecule is CC(=O)Nc1ccc(-c2csc(NC(=O)c3nc(C)n(-c4ccc(F)cc4)n3)n2)c(F)c1. The van der Waals surface area contributed by atoms with Crippen molar-refractivity contribution < 1.29 is 18.4 Å². The third-order valence-corrected chi connectivity index (χ3v) is 5.09. The number of thiazole rings is 1. The van der Waals surface area contributed by atoms with Gasteiger partial charge in [0, 0.05) is 23.6 Å². The van der Waals surface area contributed by atoms with Crippen LogP contribution in [-0.4, -0.2) is 31.6 Å². The van der Waals surface area contributed by atoms with E-state index in [0.29, 0.717) is 22.9 Å². The van der Waals surface area contributed by atoms with Crippen LogP contribution in [0.2, 0.25) is 0 Å². The van der Waals surface area contributed by atoms with Gasteiger partial charge < -0.3 is 5.32 Å². The second-order valence-corrected chi connectivity index (χ2v) is 7.60. The lowest BCUT2D eigenvalue weighted by molar-refractivity contribution is -0.114. The van der Waals surface area contributed by atoms with Crippen molar-refractivity contribution >= 4 is 34.0 Å². The van der Waals surface area contributed by atoms with Crippen molar-refractivity contribution in [3.8, 4) is 16.9 Å². The Hall–Kier alpha value is -3.99. The highest BCUT2D eigenvalue weighted by Gasteiger charge is 2.18. The fourth-order valence-electron chi connectivity index (χ4n) is 2.92. The average Bonchev–Trinajstić information content (AvgIpc) is 3.35.